The average molecular weight is 265 g/mol. The first kappa shape index (κ1) is 15.8. The zero-order valence-electron chi connectivity index (χ0n) is 12.9. The molecular formula is C16H27NO2. The maximum absolute atomic E-state index is 5.35. The Bertz CT molecular complexity index is 379. The summed E-state index contributed by atoms with van der Waals surface area (Å²) >= 11 is 0. The standard InChI is InChI=1S/C16H27NO2/c1-6-13(3)11-17(7-2)12-14-8-9-15(18-4)16(10-14)19-5/h8-10,13H,6-7,11-12H2,1-5H3/t13-/m0/s1. The molecule has 1 rings (SSSR count). The van der Waals surface area contributed by atoms with Crippen molar-refractivity contribution in [3.63, 3.8) is 0 Å². The second-order valence-electron chi connectivity index (χ2n) is 5.03. The Hall–Kier alpha value is -1.22. The van der Waals surface area contributed by atoms with E-state index in [0.717, 1.165) is 37.1 Å². The first-order valence-corrected chi connectivity index (χ1v) is 7.07. The molecule has 0 heterocycles. The van der Waals surface area contributed by atoms with Gasteiger partial charge < -0.3 is 9.47 Å². The lowest BCUT2D eigenvalue weighted by Gasteiger charge is -2.24. The van der Waals surface area contributed by atoms with Crippen LogP contribution in [0.15, 0.2) is 18.2 Å². The number of methoxy groups -OCH3 is 2. The molecule has 0 radical (unpaired) electrons. The quantitative estimate of drug-likeness (QED) is 0.717. The Morgan fingerprint density at radius 3 is 2.32 bits per heavy atom. The van der Waals surface area contributed by atoms with E-state index in [0.29, 0.717) is 0 Å². The molecule has 0 saturated carbocycles. The summed E-state index contributed by atoms with van der Waals surface area (Å²) in [5.74, 6) is 2.33. The Morgan fingerprint density at radius 1 is 1.11 bits per heavy atom. The molecule has 3 nitrogen and oxygen atoms in total. The van der Waals surface area contributed by atoms with Crippen LogP contribution in [-0.4, -0.2) is 32.2 Å². The first-order valence-electron chi connectivity index (χ1n) is 7.07. The van der Waals surface area contributed by atoms with Gasteiger partial charge in [-0.2, -0.15) is 0 Å². The molecule has 0 aliphatic heterocycles. The third-order valence-corrected chi connectivity index (χ3v) is 3.57. The number of hydrogen-bond acceptors (Lipinski definition) is 3. The fourth-order valence-electron chi connectivity index (χ4n) is 2.11. The summed E-state index contributed by atoms with van der Waals surface area (Å²) < 4.78 is 10.6. The minimum atomic E-state index is 0.736. The third kappa shape index (κ3) is 4.75. The van der Waals surface area contributed by atoms with Gasteiger partial charge in [-0.15, -0.1) is 0 Å². The molecule has 0 aliphatic rings. The molecule has 0 bridgehead atoms. The van der Waals surface area contributed by atoms with Gasteiger partial charge in [0.25, 0.3) is 0 Å². The lowest BCUT2D eigenvalue weighted by atomic mass is 10.1. The van der Waals surface area contributed by atoms with E-state index in [-0.39, 0.29) is 0 Å². The van der Waals surface area contributed by atoms with Crippen LogP contribution < -0.4 is 9.47 Å². The van der Waals surface area contributed by atoms with Gasteiger partial charge in [0.05, 0.1) is 14.2 Å². The van der Waals surface area contributed by atoms with Gasteiger partial charge in [0.15, 0.2) is 11.5 Å². The zero-order valence-corrected chi connectivity index (χ0v) is 12.9. The second kappa shape index (κ2) is 8.05. The van der Waals surface area contributed by atoms with Gasteiger partial charge >= 0.3 is 0 Å². The van der Waals surface area contributed by atoms with Crippen molar-refractivity contribution >= 4 is 0 Å². The van der Waals surface area contributed by atoms with Crippen molar-refractivity contribution in [2.24, 2.45) is 5.92 Å². The highest BCUT2D eigenvalue weighted by atomic mass is 16.5. The molecule has 19 heavy (non-hydrogen) atoms. The molecule has 0 fully saturated rings. The second-order valence-corrected chi connectivity index (χ2v) is 5.03. The van der Waals surface area contributed by atoms with Crippen molar-refractivity contribution in [2.75, 3.05) is 27.3 Å². The van der Waals surface area contributed by atoms with Crippen LogP contribution in [0.3, 0.4) is 0 Å². The van der Waals surface area contributed by atoms with Gasteiger partial charge in [-0.05, 0) is 30.2 Å². The van der Waals surface area contributed by atoms with Crippen LogP contribution in [-0.2, 0) is 6.54 Å². The Morgan fingerprint density at radius 2 is 1.79 bits per heavy atom. The lowest BCUT2D eigenvalue weighted by Crippen LogP contribution is -2.27. The molecule has 1 aromatic rings. The van der Waals surface area contributed by atoms with Crippen LogP contribution in [0.1, 0.15) is 32.8 Å². The largest absolute Gasteiger partial charge is 0.493 e. The summed E-state index contributed by atoms with van der Waals surface area (Å²) in [5.41, 5.74) is 1.27. The molecule has 0 unspecified atom stereocenters. The average Bonchev–Trinajstić information content (AvgIpc) is 2.45. The highest BCUT2D eigenvalue weighted by Crippen LogP contribution is 2.28. The van der Waals surface area contributed by atoms with Gasteiger partial charge in [0.1, 0.15) is 0 Å². The van der Waals surface area contributed by atoms with Crippen LogP contribution in [0.2, 0.25) is 0 Å². The molecule has 0 N–H and O–H groups in total. The van der Waals surface area contributed by atoms with Gasteiger partial charge in [-0.25, -0.2) is 0 Å². The smallest absolute Gasteiger partial charge is 0.161 e. The number of nitrogens with zero attached hydrogens (tertiary/aromatic N) is 1. The summed E-state index contributed by atoms with van der Waals surface area (Å²) in [6.45, 7) is 9.93. The Kier molecular flexibility index (Phi) is 6.71. The van der Waals surface area contributed by atoms with Gasteiger partial charge in [-0.1, -0.05) is 33.3 Å². The summed E-state index contributed by atoms with van der Waals surface area (Å²) in [4.78, 5) is 2.47. The van der Waals surface area contributed by atoms with E-state index in [1.807, 2.05) is 6.07 Å². The molecular weight excluding hydrogens is 238 g/mol. The van der Waals surface area contributed by atoms with Crippen LogP contribution >= 0.6 is 0 Å². The molecule has 0 aromatic heterocycles. The third-order valence-electron chi connectivity index (χ3n) is 3.57. The number of benzene rings is 1. The van der Waals surface area contributed by atoms with Crippen molar-refractivity contribution in [3.8, 4) is 11.5 Å². The van der Waals surface area contributed by atoms with E-state index in [1.54, 1.807) is 14.2 Å². The molecule has 0 spiro atoms. The van der Waals surface area contributed by atoms with Crippen molar-refractivity contribution in [1.29, 1.82) is 0 Å². The van der Waals surface area contributed by atoms with Crippen molar-refractivity contribution in [2.45, 2.75) is 33.7 Å². The molecule has 1 atom stereocenters. The van der Waals surface area contributed by atoms with E-state index >= 15 is 0 Å². The van der Waals surface area contributed by atoms with Crippen LogP contribution in [0.5, 0.6) is 11.5 Å². The minimum absolute atomic E-state index is 0.736. The number of ether oxygens (including phenoxy) is 2. The minimum Gasteiger partial charge on any atom is -0.493 e. The van der Waals surface area contributed by atoms with E-state index in [9.17, 15) is 0 Å². The maximum Gasteiger partial charge on any atom is 0.161 e. The van der Waals surface area contributed by atoms with Crippen molar-refractivity contribution in [1.82, 2.24) is 4.90 Å². The highest BCUT2D eigenvalue weighted by molar-refractivity contribution is 5.42. The molecule has 0 saturated heterocycles. The molecule has 1 aromatic carbocycles. The first-order chi connectivity index (χ1) is 9.14. The summed E-state index contributed by atoms with van der Waals surface area (Å²) in [6, 6.07) is 6.16. The zero-order chi connectivity index (χ0) is 14.3. The molecule has 0 amide bonds. The number of hydrogen-bond donors (Lipinski definition) is 0. The highest BCUT2D eigenvalue weighted by Gasteiger charge is 2.10. The number of rotatable bonds is 8. The fraction of sp³-hybridized carbons (Fsp3) is 0.625. The van der Waals surface area contributed by atoms with Crippen molar-refractivity contribution in [3.05, 3.63) is 23.8 Å². The Labute approximate surface area is 117 Å². The summed E-state index contributed by atoms with van der Waals surface area (Å²) in [6.07, 6.45) is 1.22. The normalized spacial score (nSPS) is 12.5. The molecule has 3 heteroatoms. The monoisotopic (exact) mass is 265 g/mol. The molecule has 108 valence electrons. The summed E-state index contributed by atoms with van der Waals surface area (Å²) in [7, 11) is 3.34. The van der Waals surface area contributed by atoms with Crippen LogP contribution in [0, 0.1) is 5.92 Å². The Balaban J connectivity index is 2.74. The topological polar surface area (TPSA) is 21.7 Å². The van der Waals surface area contributed by atoms with Gasteiger partial charge in [0, 0.05) is 13.1 Å². The maximum atomic E-state index is 5.35. The summed E-state index contributed by atoms with van der Waals surface area (Å²) in [5, 5.41) is 0. The predicted molar refractivity (Wildman–Crippen MR) is 80.0 cm³/mol. The van der Waals surface area contributed by atoms with Crippen molar-refractivity contribution < 1.29 is 9.47 Å². The van der Waals surface area contributed by atoms with Crippen LogP contribution in [0.25, 0.3) is 0 Å². The fourth-order valence-corrected chi connectivity index (χ4v) is 2.11. The van der Waals surface area contributed by atoms with Gasteiger partial charge in [-0.3, -0.25) is 4.90 Å². The molecule has 0 aliphatic carbocycles. The van der Waals surface area contributed by atoms with Crippen LogP contribution in [0.4, 0.5) is 0 Å². The van der Waals surface area contributed by atoms with E-state index in [1.165, 1.54) is 12.0 Å². The van der Waals surface area contributed by atoms with E-state index in [4.69, 9.17) is 9.47 Å². The lowest BCUT2D eigenvalue weighted by molar-refractivity contribution is 0.237. The van der Waals surface area contributed by atoms with Gasteiger partial charge in [0.2, 0.25) is 0 Å². The predicted octanol–water partition coefficient (Wildman–Crippen LogP) is 3.57. The SMILES string of the molecule is CC[C@H](C)CN(CC)Cc1ccc(OC)c(OC)c1. The van der Waals surface area contributed by atoms with E-state index < -0.39 is 0 Å². The van der Waals surface area contributed by atoms with E-state index in [2.05, 4.69) is 37.8 Å².